The lowest BCUT2D eigenvalue weighted by Gasteiger charge is -2.27. The van der Waals surface area contributed by atoms with E-state index in [1.807, 2.05) is 32.2 Å². The highest BCUT2D eigenvalue weighted by atomic mass is 32.2. The third kappa shape index (κ3) is 4.03. The Labute approximate surface area is 181 Å². The van der Waals surface area contributed by atoms with Crippen LogP contribution < -0.4 is 14.8 Å². The second-order valence-corrected chi connectivity index (χ2v) is 7.84. The van der Waals surface area contributed by atoms with Crippen molar-refractivity contribution in [2.75, 3.05) is 31.0 Å². The van der Waals surface area contributed by atoms with Crippen molar-refractivity contribution in [2.45, 2.75) is 19.9 Å². The molecule has 1 heterocycles. The Morgan fingerprint density at radius 1 is 1.20 bits per heavy atom. The van der Waals surface area contributed by atoms with E-state index in [1.54, 1.807) is 43.1 Å². The van der Waals surface area contributed by atoms with Crippen molar-refractivity contribution in [1.29, 1.82) is 0 Å². The molecular formula is C23H26N2O4S. The molecule has 0 bridgehead atoms. The maximum Gasteiger partial charge on any atom is 0.264 e. The number of nitrogens with one attached hydrogen (secondary N) is 1. The highest BCUT2D eigenvalue weighted by Crippen LogP contribution is 2.39. The van der Waals surface area contributed by atoms with Crippen LogP contribution in [0.1, 0.15) is 46.2 Å². The molecular weight excluding hydrogens is 400 g/mol. The quantitative estimate of drug-likeness (QED) is 0.584. The molecule has 0 saturated heterocycles. The molecule has 0 fully saturated rings. The maximum absolute atomic E-state index is 13.4. The van der Waals surface area contributed by atoms with Crippen molar-refractivity contribution in [1.82, 2.24) is 4.90 Å². The number of carbonyl (C=O) groups is 2. The number of benzene rings is 2. The highest BCUT2D eigenvalue weighted by molar-refractivity contribution is 7.98. The Kier molecular flexibility index (Phi) is 6.72. The fraction of sp³-hybridized carbons (Fsp3) is 0.304. The molecule has 3 rings (SSSR count). The normalized spacial score (nSPS) is 13.8. The lowest BCUT2D eigenvalue weighted by atomic mass is 10.1. The molecule has 30 heavy (non-hydrogen) atoms. The van der Waals surface area contributed by atoms with E-state index >= 15 is 0 Å². The summed E-state index contributed by atoms with van der Waals surface area (Å²) in [5, 5.41) is 3.09. The monoisotopic (exact) mass is 426 g/mol. The van der Waals surface area contributed by atoms with E-state index in [4.69, 9.17) is 9.47 Å². The summed E-state index contributed by atoms with van der Waals surface area (Å²) in [6.45, 7) is 8.03. The summed E-state index contributed by atoms with van der Waals surface area (Å²) in [6.07, 6.45) is 1.95. The smallest absolute Gasteiger partial charge is 0.264 e. The van der Waals surface area contributed by atoms with Gasteiger partial charge in [0.05, 0.1) is 36.6 Å². The van der Waals surface area contributed by atoms with Crippen molar-refractivity contribution >= 4 is 29.3 Å². The van der Waals surface area contributed by atoms with Gasteiger partial charge in [-0.25, -0.2) is 0 Å². The summed E-state index contributed by atoms with van der Waals surface area (Å²) in [4.78, 5) is 28.0. The van der Waals surface area contributed by atoms with Crippen molar-refractivity contribution in [3.63, 3.8) is 0 Å². The van der Waals surface area contributed by atoms with Gasteiger partial charge in [-0.3, -0.25) is 14.5 Å². The summed E-state index contributed by atoms with van der Waals surface area (Å²) in [6, 6.07) is 10.3. The number of hydrogen-bond donors (Lipinski definition) is 1. The van der Waals surface area contributed by atoms with E-state index in [0.29, 0.717) is 46.4 Å². The Bertz CT molecular complexity index is 989. The molecule has 2 amide bonds. The van der Waals surface area contributed by atoms with Crippen LogP contribution >= 0.6 is 11.8 Å². The standard InChI is InChI=1S/C23H26N2O4S/c1-6-29-20-12-15(10-11-19(20)28-4)18(13-30-5)25-22(26)16-8-7-9-17(24-14(2)3)21(16)23(25)27/h7-12,18,24H,2,6,13H2,1,3-5H3. The van der Waals surface area contributed by atoms with Gasteiger partial charge < -0.3 is 14.8 Å². The number of thioether (sulfide) groups is 1. The maximum atomic E-state index is 13.4. The minimum Gasteiger partial charge on any atom is -0.493 e. The van der Waals surface area contributed by atoms with Gasteiger partial charge in [-0.05, 0) is 49.9 Å². The molecule has 2 aromatic carbocycles. The van der Waals surface area contributed by atoms with Crippen LogP contribution in [0.2, 0.25) is 0 Å². The van der Waals surface area contributed by atoms with Crippen molar-refractivity contribution in [3.05, 3.63) is 65.4 Å². The second-order valence-electron chi connectivity index (χ2n) is 6.93. The molecule has 0 saturated carbocycles. The topological polar surface area (TPSA) is 67.9 Å². The van der Waals surface area contributed by atoms with Gasteiger partial charge in [0, 0.05) is 11.4 Å². The first-order valence-corrected chi connectivity index (χ1v) is 11.0. The fourth-order valence-corrected chi connectivity index (χ4v) is 4.22. The number of amides is 2. The molecule has 2 aromatic rings. The molecule has 1 atom stereocenters. The Morgan fingerprint density at radius 3 is 2.60 bits per heavy atom. The Morgan fingerprint density at radius 2 is 1.97 bits per heavy atom. The Balaban J connectivity index is 2.05. The van der Waals surface area contributed by atoms with Crippen LogP contribution in [-0.2, 0) is 0 Å². The zero-order valence-electron chi connectivity index (χ0n) is 17.7. The molecule has 158 valence electrons. The first-order valence-electron chi connectivity index (χ1n) is 9.66. The van der Waals surface area contributed by atoms with Crippen LogP contribution in [-0.4, -0.2) is 42.4 Å². The van der Waals surface area contributed by atoms with Gasteiger partial charge in [-0.15, -0.1) is 0 Å². The largest absolute Gasteiger partial charge is 0.493 e. The summed E-state index contributed by atoms with van der Waals surface area (Å²) in [5.74, 6) is 1.15. The summed E-state index contributed by atoms with van der Waals surface area (Å²) in [7, 11) is 1.58. The minimum atomic E-state index is -0.435. The third-order valence-electron chi connectivity index (χ3n) is 4.80. The van der Waals surface area contributed by atoms with E-state index in [0.717, 1.165) is 5.56 Å². The number of anilines is 1. The molecule has 0 aliphatic carbocycles. The van der Waals surface area contributed by atoms with Crippen LogP contribution in [0.5, 0.6) is 11.5 Å². The number of rotatable bonds is 9. The lowest BCUT2D eigenvalue weighted by Crippen LogP contribution is -2.35. The SMILES string of the molecule is C=C(C)Nc1cccc2c1C(=O)N(C(CSC)c1ccc(OC)c(OCC)c1)C2=O. The molecule has 1 aliphatic heterocycles. The summed E-state index contributed by atoms with van der Waals surface area (Å²) in [5.41, 5.74) is 2.89. The number of carbonyl (C=O) groups excluding carboxylic acids is 2. The number of ether oxygens (including phenoxy) is 2. The predicted molar refractivity (Wildman–Crippen MR) is 121 cm³/mol. The lowest BCUT2D eigenvalue weighted by molar-refractivity contribution is 0.0598. The number of fused-ring (bicyclic) bond motifs is 1. The fourth-order valence-electron chi connectivity index (χ4n) is 3.57. The average Bonchev–Trinajstić information content (AvgIpc) is 2.97. The predicted octanol–water partition coefficient (Wildman–Crippen LogP) is 4.74. The average molecular weight is 427 g/mol. The zero-order valence-corrected chi connectivity index (χ0v) is 18.5. The zero-order chi connectivity index (χ0) is 21.8. The van der Waals surface area contributed by atoms with Gasteiger partial charge in [-0.1, -0.05) is 18.7 Å². The van der Waals surface area contributed by atoms with Gasteiger partial charge >= 0.3 is 0 Å². The van der Waals surface area contributed by atoms with Crippen molar-refractivity contribution in [3.8, 4) is 11.5 Å². The summed E-state index contributed by atoms with van der Waals surface area (Å²) < 4.78 is 11.1. The van der Waals surface area contributed by atoms with Crippen molar-refractivity contribution in [2.24, 2.45) is 0 Å². The van der Waals surface area contributed by atoms with Gasteiger partial charge in [0.2, 0.25) is 0 Å². The van der Waals surface area contributed by atoms with Crippen LogP contribution in [0.25, 0.3) is 0 Å². The van der Waals surface area contributed by atoms with Gasteiger partial charge in [-0.2, -0.15) is 11.8 Å². The van der Waals surface area contributed by atoms with Crippen LogP contribution in [0, 0.1) is 0 Å². The molecule has 0 radical (unpaired) electrons. The molecule has 1 unspecified atom stereocenters. The van der Waals surface area contributed by atoms with Gasteiger partial charge in [0.1, 0.15) is 0 Å². The number of imide groups is 1. The number of allylic oxidation sites excluding steroid dienone is 1. The van der Waals surface area contributed by atoms with E-state index in [2.05, 4.69) is 11.9 Å². The van der Waals surface area contributed by atoms with E-state index in [9.17, 15) is 9.59 Å². The highest BCUT2D eigenvalue weighted by Gasteiger charge is 2.42. The van der Waals surface area contributed by atoms with Gasteiger partial charge in [0.25, 0.3) is 11.8 Å². The summed E-state index contributed by atoms with van der Waals surface area (Å²) >= 11 is 1.57. The van der Waals surface area contributed by atoms with Crippen LogP contribution in [0.3, 0.4) is 0 Å². The minimum absolute atomic E-state index is 0.298. The van der Waals surface area contributed by atoms with Crippen molar-refractivity contribution < 1.29 is 19.1 Å². The van der Waals surface area contributed by atoms with E-state index < -0.39 is 6.04 Å². The molecule has 1 aliphatic rings. The number of hydrogen-bond acceptors (Lipinski definition) is 6. The van der Waals surface area contributed by atoms with Crippen LogP contribution in [0.4, 0.5) is 5.69 Å². The van der Waals surface area contributed by atoms with Crippen LogP contribution in [0.15, 0.2) is 48.7 Å². The van der Waals surface area contributed by atoms with Gasteiger partial charge in [0.15, 0.2) is 11.5 Å². The Hall–Kier alpha value is -2.93. The molecule has 0 spiro atoms. The first-order chi connectivity index (χ1) is 14.4. The second kappa shape index (κ2) is 9.26. The first kappa shape index (κ1) is 21.8. The molecule has 0 aromatic heterocycles. The molecule has 1 N–H and O–H groups in total. The van der Waals surface area contributed by atoms with E-state index in [1.165, 1.54) is 4.90 Å². The van der Waals surface area contributed by atoms with E-state index in [-0.39, 0.29) is 11.8 Å². The number of methoxy groups -OCH3 is 1. The molecule has 6 nitrogen and oxygen atoms in total. The number of nitrogens with zero attached hydrogens (tertiary/aromatic N) is 1. The molecule has 7 heteroatoms. The third-order valence-corrected chi connectivity index (χ3v) is 5.45.